The summed E-state index contributed by atoms with van der Waals surface area (Å²) in [5, 5.41) is 0. The fourth-order valence-corrected chi connectivity index (χ4v) is 3.44. The molecule has 0 unspecified atom stereocenters. The number of phosphoric acid groups is 1. The van der Waals surface area contributed by atoms with Crippen molar-refractivity contribution in [1.82, 2.24) is 0 Å². The van der Waals surface area contributed by atoms with Crippen LogP contribution in [-0.2, 0) is 37.5 Å². The molecule has 0 spiro atoms. The highest BCUT2D eigenvalue weighted by atomic mass is 31.2. The van der Waals surface area contributed by atoms with Gasteiger partial charge in [-0.05, 0) is 0 Å². The fraction of sp³-hybridized carbons (Fsp3) is 0.600. The highest BCUT2D eigenvalue weighted by Gasteiger charge is 2.38. The van der Waals surface area contributed by atoms with Gasteiger partial charge >= 0.3 is 7.82 Å². The second-order valence-corrected chi connectivity index (χ2v) is 9.52. The normalized spacial score (nSPS) is 12.3. The summed E-state index contributed by atoms with van der Waals surface area (Å²) < 4.78 is 50.9. The van der Waals surface area contributed by atoms with Crippen molar-refractivity contribution in [3.8, 4) is 0 Å². The van der Waals surface area contributed by atoms with Gasteiger partial charge in [0.25, 0.3) is 0 Å². The number of hydrogen-bond acceptors (Lipinski definition) is 8. The Hall–Kier alpha value is -1.43. The van der Waals surface area contributed by atoms with E-state index in [1.54, 1.807) is 30.4 Å². The zero-order valence-corrected chi connectivity index (χ0v) is 22.1. The van der Waals surface area contributed by atoms with Crippen LogP contribution in [0, 0.1) is 10.8 Å². The molecular weight excluding hydrogens is 491 g/mol. The van der Waals surface area contributed by atoms with Gasteiger partial charge in [-0.25, -0.2) is 4.57 Å². The molecule has 0 saturated carbocycles. The van der Waals surface area contributed by atoms with Gasteiger partial charge in [-0.2, -0.15) is 0 Å². The van der Waals surface area contributed by atoms with Gasteiger partial charge in [-0.15, -0.1) is 32.9 Å². The SMILES string of the molecule is C=CCOCC(COCC=C)(COCC=C)COCC(COCC=C)(COCC=C)COP(=O)(O)O. The Morgan fingerprint density at radius 1 is 0.500 bits per heavy atom. The molecule has 2 N–H and O–H groups in total. The largest absolute Gasteiger partial charge is 0.469 e. The first-order valence-corrected chi connectivity index (χ1v) is 13.0. The van der Waals surface area contributed by atoms with Crippen LogP contribution in [0.25, 0.3) is 0 Å². The average Bonchev–Trinajstić information content (AvgIpc) is 2.83. The van der Waals surface area contributed by atoms with E-state index >= 15 is 0 Å². The molecule has 0 heterocycles. The van der Waals surface area contributed by atoms with Crippen LogP contribution in [0.5, 0.6) is 0 Å². The Labute approximate surface area is 215 Å². The molecule has 0 aromatic heterocycles. The summed E-state index contributed by atoms with van der Waals surface area (Å²) in [6.07, 6.45) is 8.04. The average molecular weight is 535 g/mol. The van der Waals surface area contributed by atoms with E-state index < -0.39 is 18.7 Å². The Morgan fingerprint density at radius 2 is 0.750 bits per heavy atom. The van der Waals surface area contributed by atoms with E-state index in [1.165, 1.54) is 0 Å². The van der Waals surface area contributed by atoms with E-state index in [4.69, 9.17) is 32.9 Å². The number of ether oxygens (including phenoxy) is 6. The summed E-state index contributed by atoms with van der Waals surface area (Å²) >= 11 is 0. The summed E-state index contributed by atoms with van der Waals surface area (Å²) in [6, 6.07) is 0. The molecule has 11 heteroatoms. The Balaban J connectivity index is 5.74. The lowest BCUT2D eigenvalue weighted by Crippen LogP contribution is -2.45. The second kappa shape index (κ2) is 20.6. The van der Waals surface area contributed by atoms with Crippen molar-refractivity contribution in [2.24, 2.45) is 10.8 Å². The van der Waals surface area contributed by atoms with Crippen LogP contribution in [0.15, 0.2) is 63.3 Å². The first kappa shape index (κ1) is 34.6. The second-order valence-electron chi connectivity index (χ2n) is 8.28. The van der Waals surface area contributed by atoms with Crippen LogP contribution < -0.4 is 0 Å². The maximum Gasteiger partial charge on any atom is 0.469 e. The molecule has 36 heavy (non-hydrogen) atoms. The highest BCUT2D eigenvalue weighted by Crippen LogP contribution is 2.38. The Bertz CT molecular complexity index is 626. The summed E-state index contributed by atoms with van der Waals surface area (Å²) in [7, 11) is -4.76. The maximum atomic E-state index is 11.5. The quantitative estimate of drug-likeness (QED) is 0.0924. The molecule has 10 nitrogen and oxygen atoms in total. The van der Waals surface area contributed by atoms with Crippen molar-refractivity contribution in [2.75, 3.05) is 85.9 Å². The van der Waals surface area contributed by atoms with Gasteiger partial charge in [-0.3, -0.25) is 4.52 Å². The first-order valence-electron chi connectivity index (χ1n) is 11.4. The number of hydrogen-bond donors (Lipinski definition) is 2. The molecule has 0 aliphatic rings. The minimum atomic E-state index is -4.76. The highest BCUT2D eigenvalue weighted by molar-refractivity contribution is 7.46. The van der Waals surface area contributed by atoms with Gasteiger partial charge in [-0.1, -0.05) is 30.4 Å². The molecule has 0 atom stereocenters. The Morgan fingerprint density at radius 3 is 1.00 bits per heavy atom. The third-order valence-electron chi connectivity index (χ3n) is 4.58. The van der Waals surface area contributed by atoms with Gasteiger partial charge in [0, 0.05) is 0 Å². The molecule has 0 aromatic rings. The molecule has 0 fully saturated rings. The molecule has 208 valence electrons. The van der Waals surface area contributed by atoms with Crippen LogP contribution in [0.1, 0.15) is 0 Å². The minimum Gasteiger partial charge on any atom is -0.380 e. The van der Waals surface area contributed by atoms with Crippen LogP contribution in [0.4, 0.5) is 0 Å². The van der Waals surface area contributed by atoms with E-state index in [2.05, 4.69) is 32.9 Å². The van der Waals surface area contributed by atoms with E-state index in [0.29, 0.717) is 19.8 Å². The molecule has 0 amide bonds. The standard InChI is InChI=1S/C25H43O10P/c1-6-11-29-16-24(17-30-12-7-2,18-31-13-8-3)21-34-22-25(19-32-14-9-4,20-33-15-10-5)23-35-36(26,27)28/h6-10H,1-5,11-23H2,(H2,26,27,28). The molecule has 0 bridgehead atoms. The zero-order chi connectivity index (χ0) is 27.2. The molecule has 0 aliphatic carbocycles. The summed E-state index contributed by atoms with van der Waals surface area (Å²) in [5.41, 5.74) is -1.74. The van der Waals surface area contributed by atoms with E-state index in [1.807, 2.05) is 0 Å². The summed E-state index contributed by atoms with van der Waals surface area (Å²) in [6.45, 7) is 20.3. The fourth-order valence-electron chi connectivity index (χ4n) is 3.00. The number of rotatable bonds is 27. The monoisotopic (exact) mass is 534 g/mol. The van der Waals surface area contributed by atoms with Gasteiger partial charge in [0.15, 0.2) is 0 Å². The first-order chi connectivity index (χ1) is 17.2. The van der Waals surface area contributed by atoms with Crippen molar-refractivity contribution in [2.45, 2.75) is 0 Å². The Kier molecular flexibility index (Phi) is 19.8. The van der Waals surface area contributed by atoms with Crippen molar-refractivity contribution in [3.05, 3.63) is 63.3 Å². The summed E-state index contributed by atoms with van der Waals surface area (Å²) in [5.74, 6) is 0. The van der Waals surface area contributed by atoms with Crippen LogP contribution in [0.3, 0.4) is 0 Å². The zero-order valence-electron chi connectivity index (χ0n) is 21.2. The van der Waals surface area contributed by atoms with Crippen molar-refractivity contribution >= 4 is 7.82 Å². The smallest absolute Gasteiger partial charge is 0.380 e. The molecule has 0 rings (SSSR count). The van der Waals surface area contributed by atoms with Crippen LogP contribution in [-0.4, -0.2) is 95.7 Å². The number of phosphoric ester groups is 1. The molecule has 0 aliphatic heterocycles. The van der Waals surface area contributed by atoms with Crippen molar-refractivity contribution in [3.63, 3.8) is 0 Å². The van der Waals surface area contributed by atoms with Crippen molar-refractivity contribution < 1.29 is 47.3 Å². The third kappa shape index (κ3) is 17.1. The van der Waals surface area contributed by atoms with Gasteiger partial charge in [0.1, 0.15) is 0 Å². The van der Waals surface area contributed by atoms with Crippen molar-refractivity contribution in [1.29, 1.82) is 0 Å². The molecule has 0 saturated heterocycles. The molecule has 0 radical (unpaired) electrons. The third-order valence-corrected chi connectivity index (χ3v) is 5.04. The topological polar surface area (TPSA) is 122 Å². The summed E-state index contributed by atoms with van der Waals surface area (Å²) in [4.78, 5) is 18.6. The predicted molar refractivity (Wildman–Crippen MR) is 139 cm³/mol. The lowest BCUT2D eigenvalue weighted by atomic mass is 9.90. The lowest BCUT2D eigenvalue weighted by Gasteiger charge is -2.36. The maximum absolute atomic E-state index is 11.5. The minimum absolute atomic E-state index is 0.00654. The molecular formula is C25H43O10P. The van der Waals surface area contributed by atoms with Crippen LogP contribution >= 0.6 is 7.82 Å². The van der Waals surface area contributed by atoms with E-state index in [-0.39, 0.29) is 66.1 Å². The van der Waals surface area contributed by atoms with E-state index in [0.717, 1.165) is 0 Å². The van der Waals surface area contributed by atoms with Crippen LogP contribution in [0.2, 0.25) is 0 Å². The van der Waals surface area contributed by atoms with Gasteiger partial charge < -0.3 is 38.2 Å². The predicted octanol–water partition coefficient (Wildman–Crippen LogP) is 3.10. The van der Waals surface area contributed by atoms with E-state index in [9.17, 15) is 14.4 Å². The van der Waals surface area contributed by atoms with Gasteiger partial charge in [0.2, 0.25) is 0 Å². The van der Waals surface area contributed by atoms with Gasteiger partial charge in [0.05, 0.1) is 96.7 Å². The lowest BCUT2D eigenvalue weighted by molar-refractivity contribution is -0.130. The molecule has 0 aromatic carbocycles.